The van der Waals surface area contributed by atoms with Crippen LogP contribution in [-0.2, 0) is 0 Å². The van der Waals surface area contributed by atoms with Crippen molar-refractivity contribution in [1.29, 1.82) is 0 Å². The molecule has 2 N–H and O–H groups in total. The maximum atomic E-state index is 6.35. The van der Waals surface area contributed by atoms with Gasteiger partial charge in [0, 0.05) is 18.6 Å². The average Bonchev–Trinajstić information content (AvgIpc) is 2.56. The molecular weight excluding hydrogens is 220 g/mol. The Kier molecular flexibility index (Phi) is 5.50. The molecular formula is C16H32N2. The van der Waals surface area contributed by atoms with Gasteiger partial charge in [-0.2, -0.15) is 0 Å². The molecule has 0 spiro atoms. The van der Waals surface area contributed by atoms with E-state index >= 15 is 0 Å². The molecule has 18 heavy (non-hydrogen) atoms. The molecule has 0 bridgehead atoms. The molecule has 0 amide bonds. The minimum absolute atomic E-state index is 0.456. The smallest absolute Gasteiger partial charge is 0.00925 e. The summed E-state index contributed by atoms with van der Waals surface area (Å²) in [5.74, 6) is 1.70. The van der Waals surface area contributed by atoms with Crippen LogP contribution in [0.1, 0.15) is 64.7 Å². The highest BCUT2D eigenvalue weighted by atomic mass is 15.1. The number of rotatable bonds is 3. The summed E-state index contributed by atoms with van der Waals surface area (Å²) in [6.07, 6.45) is 12.4. The molecule has 0 aliphatic heterocycles. The van der Waals surface area contributed by atoms with Crippen LogP contribution in [0.4, 0.5) is 0 Å². The fraction of sp³-hybridized carbons (Fsp3) is 1.00. The first-order valence-electron chi connectivity index (χ1n) is 8.12. The second kappa shape index (κ2) is 6.91. The first-order chi connectivity index (χ1) is 8.66. The first kappa shape index (κ1) is 14.3. The zero-order chi connectivity index (χ0) is 13.0. The van der Waals surface area contributed by atoms with Crippen LogP contribution in [0.15, 0.2) is 0 Å². The fourth-order valence-corrected chi connectivity index (χ4v) is 3.84. The van der Waals surface area contributed by atoms with Crippen molar-refractivity contribution in [3.63, 3.8) is 0 Å². The summed E-state index contributed by atoms with van der Waals surface area (Å²) in [7, 11) is 2.33. The van der Waals surface area contributed by atoms with Gasteiger partial charge in [0.15, 0.2) is 0 Å². The molecule has 2 aliphatic rings. The Bertz CT molecular complexity index is 233. The molecule has 2 aliphatic carbocycles. The summed E-state index contributed by atoms with van der Waals surface area (Å²) in [6, 6.07) is 1.29. The Morgan fingerprint density at radius 3 is 2.33 bits per heavy atom. The second-order valence-electron chi connectivity index (χ2n) is 6.92. The highest BCUT2D eigenvalue weighted by Crippen LogP contribution is 2.29. The van der Waals surface area contributed by atoms with Crippen LogP contribution in [0.5, 0.6) is 0 Å². The maximum Gasteiger partial charge on any atom is 0.00925 e. The minimum Gasteiger partial charge on any atom is -0.327 e. The molecule has 2 heteroatoms. The van der Waals surface area contributed by atoms with Crippen LogP contribution in [0.2, 0.25) is 0 Å². The molecule has 2 nitrogen and oxygen atoms in total. The van der Waals surface area contributed by atoms with E-state index in [1.54, 1.807) is 0 Å². The summed E-state index contributed by atoms with van der Waals surface area (Å²) in [6.45, 7) is 3.64. The van der Waals surface area contributed by atoms with Gasteiger partial charge in [0.05, 0.1) is 0 Å². The third kappa shape index (κ3) is 3.96. The third-order valence-corrected chi connectivity index (χ3v) is 5.35. The van der Waals surface area contributed by atoms with Crippen LogP contribution in [-0.4, -0.2) is 30.6 Å². The lowest BCUT2D eigenvalue weighted by atomic mass is 9.86. The monoisotopic (exact) mass is 252 g/mol. The quantitative estimate of drug-likeness (QED) is 0.780. The SMILES string of the molecule is CC1CCC(N(C)CC2CCCCCC2N)CC1. The minimum atomic E-state index is 0.456. The van der Waals surface area contributed by atoms with Crippen molar-refractivity contribution in [3.05, 3.63) is 0 Å². The van der Waals surface area contributed by atoms with E-state index in [0.29, 0.717) is 6.04 Å². The Balaban J connectivity index is 1.80. The Labute approximate surface area is 113 Å². The highest BCUT2D eigenvalue weighted by molar-refractivity contribution is 4.82. The Morgan fingerprint density at radius 2 is 1.61 bits per heavy atom. The molecule has 0 aromatic heterocycles. The fourth-order valence-electron chi connectivity index (χ4n) is 3.84. The second-order valence-corrected chi connectivity index (χ2v) is 6.92. The van der Waals surface area contributed by atoms with Crippen molar-refractivity contribution in [2.45, 2.75) is 76.8 Å². The molecule has 2 unspecified atom stereocenters. The molecule has 2 fully saturated rings. The molecule has 0 aromatic carbocycles. The van der Waals surface area contributed by atoms with Gasteiger partial charge < -0.3 is 10.6 Å². The Morgan fingerprint density at radius 1 is 0.944 bits per heavy atom. The highest BCUT2D eigenvalue weighted by Gasteiger charge is 2.26. The largest absolute Gasteiger partial charge is 0.327 e. The molecule has 2 rings (SSSR count). The van der Waals surface area contributed by atoms with Crippen molar-refractivity contribution < 1.29 is 0 Å². The molecule has 106 valence electrons. The van der Waals surface area contributed by atoms with E-state index < -0.39 is 0 Å². The van der Waals surface area contributed by atoms with E-state index in [-0.39, 0.29) is 0 Å². The van der Waals surface area contributed by atoms with Crippen LogP contribution in [0.25, 0.3) is 0 Å². The van der Waals surface area contributed by atoms with Gasteiger partial charge in [-0.3, -0.25) is 0 Å². The lowest BCUT2D eigenvalue weighted by molar-refractivity contribution is 0.139. The average molecular weight is 252 g/mol. The zero-order valence-corrected chi connectivity index (χ0v) is 12.4. The predicted molar refractivity (Wildman–Crippen MR) is 78.6 cm³/mol. The lowest BCUT2D eigenvalue weighted by Gasteiger charge is -2.36. The summed E-state index contributed by atoms with van der Waals surface area (Å²) in [5.41, 5.74) is 6.35. The molecule has 0 radical (unpaired) electrons. The topological polar surface area (TPSA) is 29.3 Å². The van der Waals surface area contributed by atoms with Gasteiger partial charge in [0.2, 0.25) is 0 Å². The van der Waals surface area contributed by atoms with Gasteiger partial charge in [-0.1, -0.05) is 26.2 Å². The van der Waals surface area contributed by atoms with Crippen molar-refractivity contribution >= 4 is 0 Å². The van der Waals surface area contributed by atoms with Gasteiger partial charge in [-0.25, -0.2) is 0 Å². The normalized spacial score (nSPS) is 38.7. The first-order valence-corrected chi connectivity index (χ1v) is 8.12. The molecule has 0 aromatic rings. The number of hydrogen-bond acceptors (Lipinski definition) is 2. The van der Waals surface area contributed by atoms with E-state index in [4.69, 9.17) is 5.73 Å². The van der Waals surface area contributed by atoms with E-state index in [1.807, 2.05) is 0 Å². The van der Waals surface area contributed by atoms with Crippen molar-refractivity contribution in [3.8, 4) is 0 Å². The van der Waals surface area contributed by atoms with Crippen LogP contribution >= 0.6 is 0 Å². The molecule has 0 saturated heterocycles. The summed E-state index contributed by atoms with van der Waals surface area (Å²) < 4.78 is 0. The summed E-state index contributed by atoms with van der Waals surface area (Å²) in [4.78, 5) is 2.63. The lowest BCUT2D eigenvalue weighted by Crippen LogP contribution is -2.42. The van der Waals surface area contributed by atoms with Gasteiger partial charge in [-0.15, -0.1) is 0 Å². The van der Waals surface area contributed by atoms with Crippen LogP contribution < -0.4 is 5.73 Å². The maximum absolute atomic E-state index is 6.35. The molecule has 2 saturated carbocycles. The van der Waals surface area contributed by atoms with Gasteiger partial charge in [0.1, 0.15) is 0 Å². The standard InChI is InChI=1S/C16H32N2/c1-13-8-10-15(11-9-13)18(2)12-14-6-4-3-5-7-16(14)17/h13-16H,3-12,17H2,1-2H3. The summed E-state index contributed by atoms with van der Waals surface area (Å²) >= 11 is 0. The van der Waals surface area contributed by atoms with E-state index in [2.05, 4.69) is 18.9 Å². The van der Waals surface area contributed by atoms with Crippen molar-refractivity contribution in [1.82, 2.24) is 4.90 Å². The van der Waals surface area contributed by atoms with Crippen LogP contribution in [0, 0.1) is 11.8 Å². The van der Waals surface area contributed by atoms with Gasteiger partial charge in [0.25, 0.3) is 0 Å². The molecule has 0 heterocycles. The summed E-state index contributed by atoms with van der Waals surface area (Å²) in [5, 5.41) is 0. The Hall–Kier alpha value is -0.0800. The van der Waals surface area contributed by atoms with Gasteiger partial charge in [-0.05, 0) is 57.4 Å². The van der Waals surface area contributed by atoms with Gasteiger partial charge >= 0.3 is 0 Å². The van der Waals surface area contributed by atoms with Crippen molar-refractivity contribution in [2.24, 2.45) is 17.6 Å². The van der Waals surface area contributed by atoms with Crippen LogP contribution in [0.3, 0.4) is 0 Å². The number of hydrogen-bond donors (Lipinski definition) is 1. The number of nitrogens with two attached hydrogens (primary N) is 1. The van der Waals surface area contributed by atoms with E-state index in [0.717, 1.165) is 17.9 Å². The molecule has 2 atom stereocenters. The zero-order valence-electron chi connectivity index (χ0n) is 12.4. The predicted octanol–water partition coefficient (Wildman–Crippen LogP) is 3.40. The van der Waals surface area contributed by atoms with E-state index in [1.165, 1.54) is 64.3 Å². The number of nitrogens with zero attached hydrogens (tertiary/aromatic N) is 1. The third-order valence-electron chi connectivity index (χ3n) is 5.35. The van der Waals surface area contributed by atoms with E-state index in [9.17, 15) is 0 Å². The van der Waals surface area contributed by atoms with Crippen molar-refractivity contribution in [2.75, 3.05) is 13.6 Å².